The van der Waals surface area contributed by atoms with Crippen molar-refractivity contribution < 1.29 is 27.5 Å². The van der Waals surface area contributed by atoms with Gasteiger partial charge in [0.2, 0.25) is 0 Å². The van der Waals surface area contributed by atoms with E-state index in [4.69, 9.17) is 9.26 Å². The van der Waals surface area contributed by atoms with Crippen LogP contribution in [-0.2, 0) is 12.7 Å². The molecule has 0 fully saturated rings. The number of halogens is 3. The fraction of sp³-hybridized carbons (Fsp3) is 0.261. The summed E-state index contributed by atoms with van der Waals surface area (Å²) in [6.45, 7) is 2.19. The molecule has 32 heavy (non-hydrogen) atoms. The number of rotatable bonds is 8. The monoisotopic (exact) mass is 462 g/mol. The van der Waals surface area contributed by atoms with E-state index in [1.807, 2.05) is 29.6 Å². The molecule has 0 radical (unpaired) electrons. The Morgan fingerprint density at radius 2 is 1.91 bits per heavy atom. The van der Waals surface area contributed by atoms with Crippen LogP contribution in [0.1, 0.15) is 18.1 Å². The Labute approximate surface area is 186 Å². The van der Waals surface area contributed by atoms with Gasteiger partial charge in [-0.05, 0) is 48.2 Å². The number of benzene rings is 2. The normalized spacial score (nSPS) is 13.9. The third-order valence-electron chi connectivity index (χ3n) is 4.85. The van der Waals surface area contributed by atoms with Crippen molar-refractivity contribution in [1.82, 2.24) is 10.5 Å². The number of ether oxygens (including phenoxy) is 1. The molecule has 0 bridgehead atoms. The average Bonchev–Trinajstić information content (AvgIpc) is 3.36. The molecule has 2 aromatic heterocycles. The standard InChI is InChI=1S/C23H21F3N2O3S/c1-22(29,13-27-12-15-5-7-17(8-6-15)23(24,25)26)14-30-18-4-2-3-16(11-18)20-21-19(31-28-20)9-10-32-21/h2-11,27,29H,12-14H2,1H3/t22-/m1/s1. The van der Waals surface area contributed by atoms with E-state index in [0.717, 1.165) is 33.7 Å². The molecule has 2 N–H and O–H groups in total. The molecule has 4 aromatic rings. The number of fused-ring (bicyclic) bond motifs is 1. The number of hydrogen-bond donors (Lipinski definition) is 2. The molecule has 0 aliphatic heterocycles. The van der Waals surface area contributed by atoms with Crippen molar-refractivity contribution in [3.05, 3.63) is 71.1 Å². The van der Waals surface area contributed by atoms with Gasteiger partial charge in [0.15, 0.2) is 5.58 Å². The summed E-state index contributed by atoms with van der Waals surface area (Å²) in [6.07, 6.45) is -4.35. The van der Waals surface area contributed by atoms with E-state index >= 15 is 0 Å². The van der Waals surface area contributed by atoms with Crippen LogP contribution in [0.2, 0.25) is 0 Å². The molecule has 0 aliphatic carbocycles. The number of aromatic nitrogens is 1. The van der Waals surface area contributed by atoms with Gasteiger partial charge < -0.3 is 19.7 Å². The molecule has 2 heterocycles. The third-order valence-corrected chi connectivity index (χ3v) is 5.76. The van der Waals surface area contributed by atoms with Gasteiger partial charge in [-0.1, -0.05) is 29.4 Å². The molecule has 0 aliphatic rings. The molecular weight excluding hydrogens is 441 g/mol. The zero-order valence-corrected chi connectivity index (χ0v) is 18.0. The molecule has 168 valence electrons. The largest absolute Gasteiger partial charge is 0.491 e. The lowest BCUT2D eigenvalue weighted by Gasteiger charge is -2.24. The van der Waals surface area contributed by atoms with Crippen molar-refractivity contribution in [2.24, 2.45) is 0 Å². The minimum atomic E-state index is -4.35. The van der Waals surface area contributed by atoms with Crippen LogP contribution in [0.15, 0.2) is 64.5 Å². The molecule has 0 saturated heterocycles. The number of aliphatic hydroxyl groups is 1. The van der Waals surface area contributed by atoms with Gasteiger partial charge in [-0.25, -0.2) is 0 Å². The summed E-state index contributed by atoms with van der Waals surface area (Å²) in [5.41, 5.74) is 1.15. The Morgan fingerprint density at radius 3 is 2.66 bits per heavy atom. The van der Waals surface area contributed by atoms with Gasteiger partial charge in [0.25, 0.3) is 0 Å². The molecule has 0 saturated carbocycles. The van der Waals surface area contributed by atoms with Crippen LogP contribution < -0.4 is 10.1 Å². The molecular formula is C23H21F3N2O3S. The topological polar surface area (TPSA) is 67.5 Å². The highest BCUT2D eigenvalue weighted by Gasteiger charge is 2.30. The van der Waals surface area contributed by atoms with Crippen molar-refractivity contribution in [1.29, 1.82) is 0 Å². The molecule has 0 unspecified atom stereocenters. The van der Waals surface area contributed by atoms with Crippen LogP contribution in [-0.4, -0.2) is 29.0 Å². The summed E-state index contributed by atoms with van der Waals surface area (Å²) in [5, 5.41) is 19.7. The van der Waals surface area contributed by atoms with Gasteiger partial charge in [0.1, 0.15) is 28.4 Å². The summed E-state index contributed by atoms with van der Waals surface area (Å²) in [6, 6.07) is 14.2. The van der Waals surface area contributed by atoms with Crippen LogP contribution in [0.25, 0.3) is 21.5 Å². The van der Waals surface area contributed by atoms with Crippen molar-refractivity contribution in [3.8, 4) is 17.0 Å². The second kappa shape index (κ2) is 8.93. The Bertz CT molecular complexity index is 1180. The second-order valence-electron chi connectivity index (χ2n) is 7.76. The lowest BCUT2D eigenvalue weighted by Crippen LogP contribution is -2.42. The highest BCUT2D eigenvalue weighted by Crippen LogP contribution is 2.33. The third kappa shape index (κ3) is 5.29. The van der Waals surface area contributed by atoms with Crippen molar-refractivity contribution in [2.75, 3.05) is 13.2 Å². The lowest BCUT2D eigenvalue weighted by atomic mass is 10.1. The maximum Gasteiger partial charge on any atom is 0.416 e. The molecule has 1 atom stereocenters. The van der Waals surface area contributed by atoms with Crippen molar-refractivity contribution in [2.45, 2.75) is 25.2 Å². The van der Waals surface area contributed by atoms with E-state index in [1.165, 1.54) is 12.1 Å². The van der Waals surface area contributed by atoms with Gasteiger partial charge in [-0.2, -0.15) is 13.2 Å². The quantitative estimate of drug-likeness (QED) is 0.362. The molecule has 9 heteroatoms. The maximum absolute atomic E-state index is 12.6. The SMILES string of the molecule is C[C@@](O)(CNCc1ccc(C(F)(F)F)cc1)COc1cccc(-c2noc3ccsc23)c1. The minimum Gasteiger partial charge on any atom is -0.491 e. The first kappa shape index (κ1) is 22.3. The van der Waals surface area contributed by atoms with Gasteiger partial charge in [0.05, 0.1) is 5.56 Å². The molecule has 2 aromatic carbocycles. The predicted octanol–water partition coefficient (Wildman–Crippen LogP) is 5.49. The van der Waals surface area contributed by atoms with Crippen LogP contribution in [0.5, 0.6) is 5.75 Å². The number of thiophene rings is 1. The number of alkyl halides is 3. The smallest absolute Gasteiger partial charge is 0.416 e. The van der Waals surface area contributed by atoms with Crippen LogP contribution in [0.4, 0.5) is 13.2 Å². The van der Waals surface area contributed by atoms with Crippen LogP contribution in [0, 0.1) is 0 Å². The van der Waals surface area contributed by atoms with E-state index in [1.54, 1.807) is 24.3 Å². The van der Waals surface area contributed by atoms with Gasteiger partial charge >= 0.3 is 6.18 Å². The predicted molar refractivity (Wildman–Crippen MR) is 117 cm³/mol. The van der Waals surface area contributed by atoms with E-state index in [0.29, 0.717) is 17.9 Å². The van der Waals surface area contributed by atoms with E-state index < -0.39 is 17.3 Å². The van der Waals surface area contributed by atoms with Crippen molar-refractivity contribution >= 4 is 21.6 Å². The first-order valence-corrected chi connectivity index (χ1v) is 10.7. The van der Waals surface area contributed by atoms with Gasteiger partial charge in [-0.15, -0.1) is 11.3 Å². The summed E-state index contributed by atoms with van der Waals surface area (Å²) in [4.78, 5) is 0. The number of nitrogens with zero attached hydrogens (tertiary/aromatic N) is 1. The van der Waals surface area contributed by atoms with Crippen LogP contribution in [0.3, 0.4) is 0 Å². The summed E-state index contributed by atoms with van der Waals surface area (Å²) >= 11 is 1.55. The van der Waals surface area contributed by atoms with Crippen LogP contribution >= 0.6 is 11.3 Å². The van der Waals surface area contributed by atoms with Gasteiger partial charge in [0, 0.05) is 18.7 Å². The number of hydrogen-bond acceptors (Lipinski definition) is 6. The van der Waals surface area contributed by atoms with E-state index in [9.17, 15) is 18.3 Å². The van der Waals surface area contributed by atoms with E-state index in [-0.39, 0.29) is 13.2 Å². The highest BCUT2D eigenvalue weighted by atomic mass is 32.1. The zero-order chi connectivity index (χ0) is 22.8. The van der Waals surface area contributed by atoms with Gasteiger partial charge in [-0.3, -0.25) is 0 Å². The first-order valence-electron chi connectivity index (χ1n) is 9.87. The Hall–Kier alpha value is -2.88. The summed E-state index contributed by atoms with van der Waals surface area (Å²) in [7, 11) is 0. The minimum absolute atomic E-state index is 0.0314. The van der Waals surface area contributed by atoms with E-state index in [2.05, 4.69) is 10.5 Å². The fourth-order valence-electron chi connectivity index (χ4n) is 3.17. The maximum atomic E-state index is 12.6. The molecule has 0 amide bonds. The zero-order valence-electron chi connectivity index (χ0n) is 17.1. The average molecular weight is 462 g/mol. The highest BCUT2D eigenvalue weighted by molar-refractivity contribution is 7.17. The lowest BCUT2D eigenvalue weighted by molar-refractivity contribution is -0.137. The first-order chi connectivity index (χ1) is 15.2. The Morgan fingerprint density at radius 1 is 1.12 bits per heavy atom. The Balaban J connectivity index is 1.31. The Kier molecular flexibility index (Phi) is 6.23. The molecule has 4 rings (SSSR count). The summed E-state index contributed by atoms with van der Waals surface area (Å²) in [5.74, 6) is 0.582. The molecule has 5 nitrogen and oxygen atoms in total. The summed E-state index contributed by atoms with van der Waals surface area (Å²) < 4.78 is 50.0. The number of nitrogens with one attached hydrogen (secondary N) is 1. The second-order valence-corrected chi connectivity index (χ2v) is 8.67. The fourth-order valence-corrected chi connectivity index (χ4v) is 3.99. The van der Waals surface area contributed by atoms with Crippen molar-refractivity contribution in [3.63, 3.8) is 0 Å². The molecule has 0 spiro atoms.